The molecule has 0 amide bonds. The van der Waals surface area contributed by atoms with Gasteiger partial charge in [-0.3, -0.25) is 0 Å². The Morgan fingerprint density at radius 2 is 1.69 bits per heavy atom. The molecule has 1 saturated heterocycles. The first-order chi connectivity index (χ1) is 14.0. The smallest absolute Gasteiger partial charge is 0.178 e. The Bertz CT molecular complexity index is 1180. The molecule has 1 fully saturated rings. The van der Waals surface area contributed by atoms with Crippen molar-refractivity contribution in [3.05, 3.63) is 41.5 Å². The van der Waals surface area contributed by atoms with E-state index >= 15 is 0 Å². The summed E-state index contributed by atoms with van der Waals surface area (Å²) in [7, 11) is 3.98. The summed E-state index contributed by atoms with van der Waals surface area (Å²) < 4.78 is 3.86. The Kier molecular flexibility index (Phi) is 4.11. The minimum Gasteiger partial charge on any atom is -0.361 e. The fraction of sp³-hybridized carbons (Fsp3) is 0.450. The highest BCUT2D eigenvalue weighted by Gasteiger charge is 2.27. The van der Waals surface area contributed by atoms with E-state index in [1.54, 1.807) is 0 Å². The molecule has 4 aromatic rings. The molecule has 0 radical (unpaired) electrons. The highest BCUT2D eigenvalue weighted by molar-refractivity contribution is 5.52. The zero-order chi connectivity index (χ0) is 20.1. The number of aromatic nitrogens is 7. The van der Waals surface area contributed by atoms with Gasteiger partial charge >= 0.3 is 0 Å². The van der Waals surface area contributed by atoms with E-state index in [-0.39, 0.29) is 0 Å². The summed E-state index contributed by atoms with van der Waals surface area (Å²) in [6, 6.07) is 8.10. The molecule has 5 rings (SSSR count). The highest BCUT2D eigenvalue weighted by atomic mass is 15.4. The average Bonchev–Trinajstić information content (AvgIpc) is 3.29. The van der Waals surface area contributed by atoms with Crippen molar-refractivity contribution in [2.45, 2.75) is 32.6 Å². The third kappa shape index (κ3) is 3.06. The van der Waals surface area contributed by atoms with E-state index in [1.807, 2.05) is 60.1 Å². The molecule has 0 N–H and O–H groups in total. The molecule has 4 aromatic heterocycles. The lowest BCUT2D eigenvalue weighted by Crippen LogP contribution is -2.35. The van der Waals surface area contributed by atoms with Crippen molar-refractivity contribution in [1.29, 1.82) is 0 Å². The van der Waals surface area contributed by atoms with E-state index in [1.165, 1.54) is 0 Å². The van der Waals surface area contributed by atoms with Gasteiger partial charge in [0.15, 0.2) is 17.1 Å². The number of anilines is 2. The summed E-state index contributed by atoms with van der Waals surface area (Å²) >= 11 is 0. The highest BCUT2D eigenvalue weighted by Crippen LogP contribution is 2.30. The molecule has 9 heteroatoms. The summed E-state index contributed by atoms with van der Waals surface area (Å²) in [5.41, 5.74) is 3.70. The standard InChI is InChI=1S/C20H25N9/c1-13-12-19(28-18(21-13)11-14(2)24-28)27-9-7-15(8-10-27)20-23-22-16-5-6-17(26(3)4)25-29(16)20/h5-6,11-12,15H,7-10H2,1-4H3. The monoisotopic (exact) mass is 391 g/mol. The molecule has 9 nitrogen and oxygen atoms in total. The maximum Gasteiger partial charge on any atom is 0.178 e. The number of hydrogen-bond donors (Lipinski definition) is 0. The van der Waals surface area contributed by atoms with Crippen molar-refractivity contribution < 1.29 is 0 Å². The van der Waals surface area contributed by atoms with Gasteiger partial charge in [-0.15, -0.1) is 15.3 Å². The van der Waals surface area contributed by atoms with Crippen molar-refractivity contribution >= 4 is 22.9 Å². The van der Waals surface area contributed by atoms with Gasteiger partial charge < -0.3 is 9.80 Å². The van der Waals surface area contributed by atoms with Gasteiger partial charge in [0.25, 0.3) is 0 Å². The van der Waals surface area contributed by atoms with E-state index in [0.717, 1.165) is 66.1 Å². The van der Waals surface area contributed by atoms with Crippen molar-refractivity contribution in [2.24, 2.45) is 0 Å². The topological polar surface area (TPSA) is 79.8 Å². The zero-order valence-electron chi connectivity index (χ0n) is 17.2. The summed E-state index contributed by atoms with van der Waals surface area (Å²) in [6.07, 6.45) is 2.00. The number of fused-ring (bicyclic) bond motifs is 2. The molecule has 150 valence electrons. The molecule has 1 aliphatic heterocycles. The second-order valence-corrected chi connectivity index (χ2v) is 7.99. The van der Waals surface area contributed by atoms with E-state index in [9.17, 15) is 0 Å². The number of aryl methyl sites for hydroxylation is 2. The van der Waals surface area contributed by atoms with E-state index < -0.39 is 0 Å². The maximum absolute atomic E-state index is 4.72. The largest absolute Gasteiger partial charge is 0.361 e. The summed E-state index contributed by atoms with van der Waals surface area (Å²) in [4.78, 5) is 8.99. The molecular formula is C20H25N9. The molecule has 0 unspecified atom stereocenters. The summed E-state index contributed by atoms with van der Waals surface area (Å²) in [5, 5.41) is 18.2. The first-order valence-electron chi connectivity index (χ1n) is 9.98. The average molecular weight is 391 g/mol. The molecule has 0 spiro atoms. The second-order valence-electron chi connectivity index (χ2n) is 7.99. The molecule has 0 aliphatic carbocycles. The SMILES string of the molecule is Cc1cc(N2CCC(c3nnc4ccc(N(C)C)nn34)CC2)n2nc(C)cc2n1. The Hall–Kier alpha value is -3.23. The predicted molar refractivity (Wildman–Crippen MR) is 112 cm³/mol. The number of rotatable bonds is 3. The van der Waals surface area contributed by atoms with Gasteiger partial charge in [-0.2, -0.15) is 14.1 Å². The molecule has 0 atom stereocenters. The van der Waals surface area contributed by atoms with Crippen molar-refractivity contribution in [3.63, 3.8) is 0 Å². The Morgan fingerprint density at radius 3 is 2.45 bits per heavy atom. The van der Waals surface area contributed by atoms with E-state index in [2.05, 4.69) is 31.2 Å². The molecule has 29 heavy (non-hydrogen) atoms. The third-order valence-corrected chi connectivity index (χ3v) is 5.57. The minimum atomic E-state index is 0.337. The van der Waals surface area contributed by atoms with Gasteiger partial charge in [0, 0.05) is 50.9 Å². The van der Waals surface area contributed by atoms with Crippen LogP contribution in [-0.4, -0.2) is 61.6 Å². The van der Waals surface area contributed by atoms with Crippen LogP contribution in [0.3, 0.4) is 0 Å². The second kappa shape index (κ2) is 6.68. The van der Waals surface area contributed by atoms with Gasteiger partial charge in [0.05, 0.1) is 5.69 Å². The van der Waals surface area contributed by atoms with Crippen LogP contribution in [0.2, 0.25) is 0 Å². The molecule has 0 bridgehead atoms. The quantitative estimate of drug-likeness (QED) is 0.530. The van der Waals surface area contributed by atoms with Gasteiger partial charge in [-0.25, -0.2) is 4.98 Å². The minimum absolute atomic E-state index is 0.337. The van der Waals surface area contributed by atoms with Crippen LogP contribution in [-0.2, 0) is 0 Å². The molecule has 5 heterocycles. The fourth-order valence-electron chi connectivity index (χ4n) is 4.08. The predicted octanol–water partition coefficient (Wildman–Crippen LogP) is 2.23. The van der Waals surface area contributed by atoms with Gasteiger partial charge in [0.2, 0.25) is 0 Å². The molecule has 1 aliphatic rings. The number of piperidine rings is 1. The van der Waals surface area contributed by atoms with Crippen LogP contribution in [0.5, 0.6) is 0 Å². The molecule has 0 aromatic carbocycles. The fourth-order valence-corrected chi connectivity index (χ4v) is 4.08. The first-order valence-corrected chi connectivity index (χ1v) is 9.98. The lowest BCUT2D eigenvalue weighted by molar-refractivity contribution is 0.473. The van der Waals surface area contributed by atoms with Crippen LogP contribution in [0.25, 0.3) is 11.3 Å². The number of hydrogen-bond acceptors (Lipinski definition) is 7. The Balaban J connectivity index is 1.41. The van der Waals surface area contributed by atoms with Gasteiger partial charge in [0.1, 0.15) is 11.6 Å². The third-order valence-electron chi connectivity index (χ3n) is 5.57. The summed E-state index contributed by atoms with van der Waals surface area (Å²) in [5.74, 6) is 3.30. The molecular weight excluding hydrogens is 366 g/mol. The van der Waals surface area contributed by atoms with Crippen LogP contribution in [0.15, 0.2) is 24.3 Å². The van der Waals surface area contributed by atoms with Crippen LogP contribution in [0, 0.1) is 13.8 Å². The Labute approximate surface area is 169 Å². The normalized spacial score (nSPS) is 15.5. The summed E-state index contributed by atoms with van der Waals surface area (Å²) in [6.45, 7) is 5.91. The Morgan fingerprint density at radius 1 is 0.897 bits per heavy atom. The lowest BCUT2D eigenvalue weighted by atomic mass is 9.96. The van der Waals surface area contributed by atoms with Crippen molar-refractivity contribution in [2.75, 3.05) is 37.0 Å². The van der Waals surface area contributed by atoms with Crippen LogP contribution in [0.4, 0.5) is 11.6 Å². The van der Waals surface area contributed by atoms with Gasteiger partial charge in [-0.05, 0) is 38.8 Å². The van der Waals surface area contributed by atoms with Crippen LogP contribution >= 0.6 is 0 Å². The molecule has 0 saturated carbocycles. The zero-order valence-corrected chi connectivity index (χ0v) is 17.2. The number of nitrogens with zero attached hydrogens (tertiary/aromatic N) is 9. The maximum atomic E-state index is 4.72. The van der Waals surface area contributed by atoms with E-state index in [0.29, 0.717) is 5.92 Å². The van der Waals surface area contributed by atoms with Crippen LogP contribution < -0.4 is 9.80 Å². The first kappa shape index (κ1) is 17.8. The van der Waals surface area contributed by atoms with Crippen molar-refractivity contribution in [1.82, 2.24) is 34.4 Å². The van der Waals surface area contributed by atoms with Crippen LogP contribution in [0.1, 0.15) is 36.0 Å². The van der Waals surface area contributed by atoms with Gasteiger partial charge in [-0.1, -0.05) is 0 Å². The van der Waals surface area contributed by atoms with Crippen molar-refractivity contribution in [3.8, 4) is 0 Å². The van der Waals surface area contributed by atoms with E-state index in [4.69, 9.17) is 5.10 Å². The lowest BCUT2D eigenvalue weighted by Gasteiger charge is -2.32.